The number of fused-ring (bicyclic) bond motifs is 1. The summed E-state index contributed by atoms with van der Waals surface area (Å²) in [5, 5.41) is 3.07. The summed E-state index contributed by atoms with van der Waals surface area (Å²) in [6.45, 7) is 1.89. The zero-order valence-electron chi connectivity index (χ0n) is 17.3. The van der Waals surface area contributed by atoms with E-state index in [0.29, 0.717) is 15.4 Å². The second-order valence-electron chi connectivity index (χ2n) is 7.16. The monoisotopic (exact) mass is 487 g/mol. The smallest absolute Gasteiger partial charge is 0.341 e. The molecule has 1 aliphatic heterocycles. The maximum atomic E-state index is 12.6. The number of carbonyl (C=O) groups is 2. The van der Waals surface area contributed by atoms with Gasteiger partial charge < -0.3 is 10.1 Å². The number of benzene rings is 1. The number of sulfone groups is 1. The Labute approximate surface area is 194 Å². The first-order chi connectivity index (χ1) is 15.4. The average molecular weight is 488 g/mol. The molecule has 9 heteroatoms. The molecule has 166 valence electrons. The van der Waals surface area contributed by atoms with Crippen molar-refractivity contribution in [1.82, 2.24) is 0 Å². The van der Waals surface area contributed by atoms with Crippen molar-refractivity contribution in [2.75, 3.05) is 17.7 Å². The predicted molar refractivity (Wildman–Crippen MR) is 129 cm³/mol. The van der Waals surface area contributed by atoms with E-state index in [4.69, 9.17) is 4.74 Å². The number of thiophene rings is 2. The van der Waals surface area contributed by atoms with Crippen molar-refractivity contribution in [3.63, 3.8) is 0 Å². The van der Waals surface area contributed by atoms with E-state index in [9.17, 15) is 18.0 Å². The van der Waals surface area contributed by atoms with Gasteiger partial charge in [0.05, 0.1) is 23.7 Å². The number of esters is 1. The first-order valence-corrected chi connectivity index (χ1v) is 13.5. The quantitative estimate of drug-likeness (QED) is 0.399. The van der Waals surface area contributed by atoms with Crippen molar-refractivity contribution in [3.8, 4) is 10.4 Å². The van der Waals surface area contributed by atoms with Gasteiger partial charge in [-0.3, -0.25) is 4.79 Å². The van der Waals surface area contributed by atoms with Crippen LogP contribution in [0.15, 0.2) is 48.5 Å². The van der Waals surface area contributed by atoms with E-state index in [2.05, 4.69) is 5.32 Å². The summed E-state index contributed by atoms with van der Waals surface area (Å²) >= 11 is 2.69. The van der Waals surface area contributed by atoms with Crippen molar-refractivity contribution in [2.24, 2.45) is 0 Å². The zero-order valence-corrected chi connectivity index (χ0v) is 19.7. The van der Waals surface area contributed by atoms with Gasteiger partial charge in [0.1, 0.15) is 5.00 Å². The first-order valence-electron chi connectivity index (χ1n) is 10.0. The van der Waals surface area contributed by atoms with E-state index in [1.807, 2.05) is 42.5 Å². The number of carbonyl (C=O) groups excluding carboxylic acids is 2. The van der Waals surface area contributed by atoms with Crippen LogP contribution in [0.2, 0.25) is 0 Å². The van der Waals surface area contributed by atoms with Crippen LogP contribution in [-0.4, -0.2) is 32.7 Å². The summed E-state index contributed by atoms with van der Waals surface area (Å²) in [4.78, 5) is 27.7. The van der Waals surface area contributed by atoms with Crippen LogP contribution in [0.25, 0.3) is 16.5 Å². The number of anilines is 1. The summed E-state index contributed by atoms with van der Waals surface area (Å²) in [5.41, 5.74) is 2.04. The highest BCUT2D eigenvalue weighted by Crippen LogP contribution is 2.38. The van der Waals surface area contributed by atoms with Gasteiger partial charge in [0.2, 0.25) is 5.91 Å². The average Bonchev–Trinajstić information content (AvgIpc) is 3.36. The minimum Gasteiger partial charge on any atom is -0.462 e. The highest BCUT2D eigenvalue weighted by Gasteiger charge is 2.31. The molecule has 1 amide bonds. The zero-order chi connectivity index (χ0) is 22.7. The highest BCUT2D eigenvalue weighted by molar-refractivity contribution is 7.90. The molecule has 1 aliphatic rings. The molecule has 0 fully saturated rings. The van der Waals surface area contributed by atoms with Gasteiger partial charge in [-0.25, -0.2) is 13.2 Å². The molecular weight excluding hydrogens is 466 g/mol. The number of nitrogens with one attached hydrogen (secondary N) is 1. The summed E-state index contributed by atoms with van der Waals surface area (Å²) in [5.74, 6) is -1.08. The summed E-state index contributed by atoms with van der Waals surface area (Å²) in [7, 11) is -3.20. The molecule has 0 bridgehead atoms. The fraction of sp³-hybridized carbons (Fsp3) is 0.217. The Hall–Kier alpha value is -2.75. The lowest BCUT2D eigenvalue weighted by Crippen LogP contribution is -2.20. The van der Waals surface area contributed by atoms with E-state index < -0.39 is 21.7 Å². The molecule has 0 saturated heterocycles. The molecule has 0 saturated carbocycles. The molecule has 1 N–H and O–H groups in total. The van der Waals surface area contributed by atoms with Crippen molar-refractivity contribution < 1.29 is 22.7 Å². The summed E-state index contributed by atoms with van der Waals surface area (Å²) in [6, 6.07) is 13.9. The second kappa shape index (κ2) is 9.40. The Morgan fingerprint density at radius 3 is 2.66 bits per heavy atom. The number of ether oxygens (including phenoxy) is 1. The van der Waals surface area contributed by atoms with Gasteiger partial charge in [0.25, 0.3) is 0 Å². The third-order valence-electron chi connectivity index (χ3n) is 4.91. The van der Waals surface area contributed by atoms with Gasteiger partial charge in [-0.1, -0.05) is 30.3 Å². The van der Waals surface area contributed by atoms with Crippen molar-refractivity contribution >= 4 is 55.5 Å². The van der Waals surface area contributed by atoms with E-state index in [-0.39, 0.29) is 30.1 Å². The van der Waals surface area contributed by atoms with Crippen LogP contribution in [0.5, 0.6) is 0 Å². The van der Waals surface area contributed by atoms with Crippen LogP contribution in [0.1, 0.15) is 32.6 Å². The molecule has 2 aromatic heterocycles. The number of hydrogen-bond acceptors (Lipinski definition) is 7. The van der Waals surface area contributed by atoms with E-state index in [1.165, 1.54) is 6.08 Å². The fourth-order valence-electron chi connectivity index (χ4n) is 3.44. The Balaban J connectivity index is 1.53. The second-order valence-corrected chi connectivity index (χ2v) is 11.6. The minimum absolute atomic E-state index is 0.0153. The molecule has 0 aliphatic carbocycles. The molecule has 3 heterocycles. The normalized spacial score (nSPS) is 14.8. The van der Waals surface area contributed by atoms with Crippen LogP contribution < -0.4 is 5.32 Å². The van der Waals surface area contributed by atoms with E-state index in [0.717, 1.165) is 26.7 Å². The standard InChI is InChI=1S/C23H21NO5S3/c1-2-29-23(26)21-17-12-13-32(27,28)14-19(17)31-22(21)24-20(25)11-9-16-8-10-18(30-16)15-6-4-3-5-7-15/h3-11H,2,12-14H2,1H3,(H,24,25)/b11-9+. The highest BCUT2D eigenvalue weighted by atomic mass is 32.2. The molecule has 0 radical (unpaired) electrons. The molecule has 4 rings (SSSR count). The van der Waals surface area contributed by atoms with Crippen molar-refractivity contribution in [3.05, 3.63) is 69.4 Å². The van der Waals surface area contributed by atoms with E-state index in [1.54, 1.807) is 24.3 Å². The van der Waals surface area contributed by atoms with Crippen LogP contribution in [0.4, 0.5) is 5.00 Å². The Kier molecular flexibility index (Phi) is 6.59. The third-order valence-corrected chi connectivity index (χ3v) is 8.89. The van der Waals surface area contributed by atoms with Crippen LogP contribution in [-0.2, 0) is 31.5 Å². The Morgan fingerprint density at radius 1 is 1.12 bits per heavy atom. The van der Waals surface area contributed by atoms with Crippen LogP contribution in [0.3, 0.4) is 0 Å². The van der Waals surface area contributed by atoms with Crippen LogP contribution in [0, 0.1) is 0 Å². The molecule has 0 atom stereocenters. The third kappa shape index (κ3) is 5.01. The van der Waals surface area contributed by atoms with Crippen LogP contribution >= 0.6 is 22.7 Å². The lowest BCUT2D eigenvalue weighted by molar-refractivity contribution is -0.111. The van der Waals surface area contributed by atoms with Gasteiger partial charge >= 0.3 is 5.97 Å². The minimum atomic E-state index is -3.20. The molecular formula is C23H21NO5S3. The maximum Gasteiger partial charge on any atom is 0.341 e. The van der Waals surface area contributed by atoms with Crippen molar-refractivity contribution in [2.45, 2.75) is 19.1 Å². The topological polar surface area (TPSA) is 89.5 Å². The largest absolute Gasteiger partial charge is 0.462 e. The number of amides is 1. The fourth-order valence-corrected chi connectivity index (χ4v) is 7.40. The van der Waals surface area contributed by atoms with E-state index >= 15 is 0 Å². The SMILES string of the molecule is CCOC(=O)c1c(NC(=O)/C=C/c2ccc(-c3ccccc3)s2)sc2c1CCS(=O)(=O)C2. The molecule has 0 unspecified atom stereocenters. The molecule has 32 heavy (non-hydrogen) atoms. The first kappa shape index (κ1) is 22.4. The lowest BCUT2D eigenvalue weighted by atomic mass is 10.1. The maximum absolute atomic E-state index is 12.6. The van der Waals surface area contributed by atoms with Gasteiger partial charge in [0, 0.05) is 20.7 Å². The Morgan fingerprint density at radius 2 is 1.91 bits per heavy atom. The Bertz CT molecular complexity index is 1290. The predicted octanol–water partition coefficient (Wildman–Crippen LogP) is 4.78. The molecule has 3 aromatic rings. The summed E-state index contributed by atoms with van der Waals surface area (Å²) in [6.07, 6.45) is 3.37. The number of hydrogen-bond donors (Lipinski definition) is 1. The van der Waals surface area contributed by atoms with Gasteiger partial charge in [-0.2, -0.15) is 0 Å². The van der Waals surface area contributed by atoms with Gasteiger partial charge in [0.15, 0.2) is 9.84 Å². The van der Waals surface area contributed by atoms with Crippen molar-refractivity contribution in [1.29, 1.82) is 0 Å². The molecule has 0 spiro atoms. The molecule has 1 aromatic carbocycles. The van der Waals surface area contributed by atoms with Gasteiger partial charge in [-0.05, 0) is 42.7 Å². The number of rotatable bonds is 6. The molecule has 6 nitrogen and oxygen atoms in total. The lowest BCUT2D eigenvalue weighted by Gasteiger charge is -2.13. The van der Waals surface area contributed by atoms with Gasteiger partial charge in [-0.15, -0.1) is 22.7 Å². The summed E-state index contributed by atoms with van der Waals surface area (Å²) < 4.78 is 29.2.